The zero-order valence-electron chi connectivity index (χ0n) is 8.12. The molecular weight excluding hydrogens is 184 g/mol. The summed E-state index contributed by atoms with van der Waals surface area (Å²) < 4.78 is 4.84. The van der Waals surface area contributed by atoms with Gasteiger partial charge in [-0.15, -0.1) is 0 Å². The second-order valence-electron chi connectivity index (χ2n) is 3.03. The van der Waals surface area contributed by atoms with Crippen LogP contribution in [-0.2, 0) is 11.3 Å². The Morgan fingerprint density at radius 1 is 1.71 bits per heavy atom. The molecule has 1 heterocycles. The number of aliphatic hydroxyl groups excluding tert-OH is 1. The zero-order chi connectivity index (χ0) is 10.4. The number of aliphatic hydroxyl groups is 1. The largest absolute Gasteiger partial charge is 0.396 e. The minimum Gasteiger partial charge on any atom is -0.396 e. The minimum absolute atomic E-state index is 0.0382. The molecule has 1 amide bonds. The van der Waals surface area contributed by atoms with Gasteiger partial charge in [-0.1, -0.05) is 5.16 Å². The summed E-state index contributed by atoms with van der Waals surface area (Å²) in [4.78, 5) is 11.1. The van der Waals surface area contributed by atoms with Crippen molar-refractivity contribution >= 4 is 5.91 Å². The van der Waals surface area contributed by atoms with Crippen molar-refractivity contribution in [1.82, 2.24) is 10.5 Å². The molecule has 5 nitrogen and oxygen atoms in total. The first-order chi connectivity index (χ1) is 6.72. The third kappa shape index (κ3) is 3.57. The number of hydrogen-bond acceptors (Lipinski definition) is 4. The maximum atomic E-state index is 11.1. The van der Waals surface area contributed by atoms with E-state index in [0.717, 1.165) is 5.76 Å². The Morgan fingerprint density at radius 2 is 2.50 bits per heavy atom. The molecule has 0 radical (unpaired) electrons. The number of nitrogens with one attached hydrogen (secondary N) is 1. The van der Waals surface area contributed by atoms with Gasteiger partial charge in [0.25, 0.3) is 0 Å². The van der Waals surface area contributed by atoms with Crippen LogP contribution in [0.15, 0.2) is 10.6 Å². The quantitative estimate of drug-likeness (QED) is 0.716. The van der Waals surface area contributed by atoms with E-state index < -0.39 is 0 Å². The molecule has 1 aromatic heterocycles. The Balaban J connectivity index is 2.23. The van der Waals surface area contributed by atoms with Gasteiger partial charge in [0.1, 0.15) is 11.5 Å². The summed E-state index contributed by atoms with van der Waals surface area (Å²) in [6, 6.07) is 1.77. The fraction of sp³-hybridized carbons (Fsp3) is 0.556. The lowest BCUT2D eigenvalue weighted by atomic mass is 10.3. The lowest BCUT2D eigenvalue weighted by molar-refractivity contribution is -0.121. The summed E-state index contributed by atoms with van der Waals surface area (Å²) in [7, 11) is 0. The highest BCUT2D eigenvalue weighted by Crippen LogP contribution is 2.00. The van der Waals surface area contributed by atoms with Crippen LogP contribution in [0.25, 0.3) is 0 Å². The van der Waals surface area contributed by atoms with Crippen LogP contribution in [0.4, 0.5) is 0 Å². The van der Waals surface area contributed by atoms with Gasteiger partial charge < -0.3 is 14.9 Å². The number of carbonyl (C=O) groups is 1. The molecule has 0 aromatic carbocycles. The van der Waals surface area contributed by atoms with Gasteiger partial charge in [-0.3, -0.25) is 4.79 Å². The van der Waals surface area contributed by atoms with Gasteiger partial charge in [-0.05, 0) is 13.3 Å². The third-order valence-corrected chi connectivity index (χ3v) is 1.71. The maximum Gasteiger partial charge on any atom is 0.220 e. The van der Waals surface area contributed by atoms with Crippen LogP contribution >= 0.6 is 0 Å². The molecule has 0 aliphatic carbocycles. The van der Waals surface area contributed by atoms with E-state index in [9.17, 15) is 4.79 Å². The standard InChI is InChI=1S/C9H14N2O3/c1-7-5-8(11-14-7)6-10-9(13)3-2-4-12/h5,12H,2-4,6H2,1H3,(H,10,13). The van der Waals surface area contributed by atoms with E-state index in [2.05, 4.69) is 10.5 Å². The lowest BCUT2D eigenvalue weighted by Gasteiger charge is -2.00. The average molecular weight is 198 g/mol. The fourth-order valence-electron chi connectivity index (χ4n) is 1.02. The number of aryl methyl sites for hydroxylation is 1. The molecule has 0 aliphatic heterocycles. The first-order valence-corrected chi connectivity index (χ1v) is 4.52. The molecule has 5 heteroatoms. The monoisotopic (exact) mass is 198 g/mol. The Labute approximate surface area is 82.1 Å². The van der Waals surface area contributed by atoms with Crippen molar-refractivity contribution in [2.24, 2.45) is 0 Å². The first-order valence-electron chi connectivity index (χ1n) is 4.52. The molecule has 1 rings (SSSR count). The number of carbonyl (C=O) groups excluding carboxylic acids is 1. The van der Waals surface area contributed by atoms with E-state index in [1.165, 1.54) is 0 Å². The van der Waals surface area contributed by atoms with E-state index in [-0.39, 0.29) is 12.5 Å². The van der Waals surface area contributed by atoms with Crippen molar-refractivity contribution in [2.75, 3.05) is 6.61 Å². The minimum atomic E-state index is -0.0836. The van der Waals surface area contributed by atoms with E-state index in [1.54, 1.807) is 13.0 Å². The SMILES string of the molecule is Cc1cc(CNC(=O)CCCO)no1. The first kappa shape index (κ1) is 10.7. The van der Waals surface area contributed by atoms with Crippen molar-refractivity contribution < 1.29 is 14.4 Å². The summed E-state index contributed by atoms with van der Waals surface area (Å²) in [5.41, 5.74) is 0.708. The van der Waals surface area contributed by atoms with Crippen LogP contribution in [0, 0.1) is 6.92 Å². The van der Waals surface area contributed by atoms with Gasteiger partial charge in [0.05, 0.1) is 6.54 Å². The molecule has 0 unspecified atom stereocenters. The van der Waals surface area contributed by atoms with Crippen LogP contribution in [0.1, 0.15) is 24.3 Å². The van der Waals surface area contributed by atoms with E-state index in [0.29, 0.717) is 25.1 Å². The van der Waals surface area contributed by atoms with Crippen LogP contribution in [0.3, 0.4) is 0 Å². The van der Waals surface area contributed by atoms with Gasteiger partial charge >= 0.3 is 0 Å². The van der Waals surface area contributed by atoms with Crippen molar-refractivity contribution in [3.05, 3.63) is 17.5 Å². The molecule has 2 N–H and O–H groups in total. The van der Waals surface area contributed by atoms with Crippen molar-refractivity contribution in [2.45, 2.75) is 26.3 Å². The molecule has 0 bridgehead atoms. The summed E-state index contributed by atoms with van der Waals surface area (Å²) in [5.74, 6) is 0.643. The predicted octanol–water partition coefficient (Wildman–Crippen LogP) is 0.372. The molecule has 78 valence electrons. The van der Waals surface area contributed by atoms with Gasteiger partial charge in [-0.2, -0.15) is 0 Å². The van der Waals surface area contributed by atoms with E-state index >= 15 is 0 Å². The molecule has 0 aliphatic rings. The van der Waals surface area contributed by atoms with Gasteiger partial charge in [0.15, 0.2) is 0 Å². The Bertz CT molecular complexity index is 296. The summed E-state index contributed by atoms with van der Waals surface area (Å²) in [6.07, 6.45) is 0.830. The molecule has 14 heavy (non-hydrogen) atoms. The van der Waals surface area contributed by atoms with E-state index in [1.807, 2.05) is 0 Å². The molecule has 0 atom stereocenters. The summed E-state index contributed by atoms with van der Waals surface area (Å²) in [6.45, 7) is 2.21. The second-order valence-corrected chi connectivity index (χ2v) is 3.03. The van der Waals surface area contributed by atoms with E-state index in [4.69, 9.17) is 9.63 Å². The average Bonchev–Trinajstić information content (AvgIpc) is 2.58. The van der Waals surface area contributed by atoms with Crippen molar-refractivity contribution in [1.29, 1.82) is 0 Å². The summed E-state index contributed by atoms with van der Waals surface area (Å²) >= 11 is 0. The predicted molar refractivity (Wildman–Crippen MR) is 49.4 cm³/mol. The van der Waals surface area contributed by atoms with Gasteiger partial charge in [0.2, 0.25) is 5.91 Å². The summed E-state index contributed by atoms with van der Waals surface area (Å²) in [5, 5.41) is 14.9. The van der Waals surface area contributed by atoms with Gasteiger partial charge in [-0.25, -0.2) is 0 Å². The number of amides is 1. The van der Waals surface area contributed by atoms with Crippen LogP contribution in [-0.4, -0.2) is 22.8 Å². The number of aromatic nitrogens is 1. The molecule has 0 spiro atoms. The highest BCUT2D eigenvalue weighted by atomic mass is 16.5. The molecule has 0 saturated carbocycles. The molecular formula is C9H14N2O3. The van der Waals surface area contributed by atoms with Crippen LogP contribution < -0.4 is 5.32 Å². The third-order valence-electron chi connectivity index (χ3n) is 1.71. The highest BCUT2D eigenvalue weighted by molar-refractivity contribution is 5.75. The normalized spacial score (nSPS) is 10.1. The highest BCUT2D eigenvalue weighted by Gasteiger charge is 2.03. The smallest absolute Gasteiger partial charge is 0.220 e. The van der Waals surface area contributed by atoms with Crippen LogP contribution in [0.5, 0.6) is 0 Å². The van der Waals surface area contributed by atoms with Gasteiger partial charge in [0, 0.05) is 19.1 Å². The fourth-order valence-corrected chi connectivity index (χ4v) is 1.02. The number of nitrogens with zero attached hydrogens (tertiary/aromatic N) is 1. The lowest BCUT2D eigenvalue weighted by Crippen LogP contribution is -2.22. The molecule has 1 aromatic rings. The maximum absolute atomic E-state index is 11.1. The topological polar surface area (TPSA) is 75.4 Å². The zero-order valence-corrected chi connectivity index (χ0v) is 8.12. The molecule has 0 saturated heterocycles. The Kier molecular flexibility index (Phi) is 4.12. The van der Waals surface area contributed by atoms with Crippen molar-refractivity contribution in [3.63, 3.8) is 0 Å². The Hall–Kier alpha value is -1.36. The second kappa shape index (κ2) is 5.39. The molecule has 0 fully saturated rings. The number of rotatable bonds is 5. The van der Waals surface area contributed by atoms with Crippen molar-refractivity contribution in [3.8, 4) is 0 Å². The van der Waals surface area contributed by atoms with Crippen LogP contribution in [0.2, 0.25) is 0 Å². The number of hydrogen-bond donors (Lipinski definition) is 2. The Morgan fingerprint density at radius 3 is 3.07 bits per heavy atom.